The second-order valence-electron chi connectivity index (χ2n) is 5.47. The minimum Gasteiger partial charge on any atom is -0.465 e. The van der Waals surface area contributed by atoms with Gasteiger partial charge in [-0.3, -0.25) is 4.79 Å². The molecule has 0 saturated carbocycles. The normalized spacial score (nSPS) is 13.0. The Morgan fingerprint density at radius 2 is 1.91 bits per heavy atom. The molecule has 2 aromatic carbocycles. The van der Waals surface area contributed by atoms with Crippen LogP contribution in [0.25, 0.3) is 5.57 Å². The van der Waals surface area contributed by atoms with Crippen LogP contribution in [0.5, 0.6) is 0 Å². The van der Waals surface area contributed by atoms with E-state index in [4.69, 9.17) is 10.5 Å². The predicted octanol–water partition coefficient (Wildman–Crippen LogP) is 2.95. The van der Waals surface area contributed by atoms with E-state index in [0.29, 0.717) is 11.1 Å². The van der Waals surface area contributed by atoms with Crippen LogP contribution in [0.2, 0.25) is 0 Å². The number of rotatable bonds is 3. The highest BCUT2D eigenvalue weighted by Crippen LogP contribution is 2.32. The van der Waals surface area contributed by atoms with Gasteiger partial charge in [0.2, 0.25) is 5.91 Å². The van der Waals surface area contributed by atoms with E-state index >= 15 is 0 Å². The monoisotopic (exact) mass is 307 g/mol. The highest BCUT2D eigenvalue weighted by Gasteiger charge is 2.17. The van der Waals surface area contributed by atoms with Crippen LogP contribution in [0, 0.1) is 0 Å². The third-order valence-electron chi connectivity index (χ3n) is 4.04. The highest BCUT2D eigenvalue weighted by molar-refractivity contribution is 5.96. The maximum atomic E-state index is 11.8. The lowest BCUT2D eigenvalue weighted by molar-refractivity contribution is 0.0600. The molecule has 0 atom stereocenters. The summed E-state index contributed by atoms with van der Waals surface area (Å²) in [6.07, 6.45) is 3.97. The van der Waals surface area contributed by atoms with Crippen molar-refractivity contribution in [2.24, 2.45) is 5.73 Å². The second-order valence-corrected chi connectivity index (χ2v) is 5.47. The lowest BCUT2D eigenvalue weighted by Crippen LogP contribution is -2.11. The summed E-state index contributed by atoms with van der Waals surface area (Å²) >= 11 is 0. The van der Waals surface area contributed by atoms with Gasteiger partial charge in [-0.25, -0.2) is 4.79 Å². The first-order valence-corrected chi connectivity index (χ1v) is 7.42. The van der Waals surface area contributed by atoms with E-state index in [1.807, 2.05) is 24.3 Å². The van der Waals surface area contributed by atoms with E-state index in [2.05, 4.69) is 6.08 Å². The van der Waals surface area contributed by atoms with E-state index in [9.17, 15) is 9.59 Å². The molecule has 4 nitrogen and oxygen atoms in total. The fraction of sp³-hybridized carbons (Fsp3) is 0.158. The van der Waals surface area contributed by atoms with Gasteiger partial charge in [0.1, 0.15) is 0 Å². The molecular weight excluding hydrogens is 290 g/mol. The molecule has 0 bridgehead atoms. The number of nitrogens with two attached hydrogens (primary N) is 1. The van der Waals surface area contributed by atoms with Gasteiger partial charge in [-0.1, -0.05) is 24.3 Å². The molecule has 116 valence electrons. The number of hydrogen-bond donors (Lipinski definition) is 1. The van der Waals surface area contributed by atoms with Crippen LogP contribution in [0.3, 0.4) is 0 Å². The molecule has 1 aliphatic rings. The van der Waals surface area contributed by atoms with Crippen molar-refractivity contribution in [1.82, 2.24) is 0 Å². The summed E-state index contributed by atoms with van der Waals surface area (Å²) in [6.45, 7) is 0. The summed E-state index contributed by atoms with van der Waals surface area (Å²) in [5.74, 6) is -0.810. The average molecular weight is 307 g/mol. The Bertz CT molecular complexity index is 821. The largest absolute Gasteiger partial charge is 0.465 e. The molecule has 4 heteroatoms. The van der Waals surface area contributed by atoms with Gasteiger partial charge in [0.15, 0.2) is 0 Å². The number of aryl methyl sites for hydroxylation is 1. The number of allylic oxidation sites excluding steroid dienone is 1. The van der Waals surface area contributed by atoms with Gasteiger partial charge in [0.05, 0.1) is 12.7 Å². The predicted molar refractivity (Wildman–Crippen MR) is 88.1 cm³/mol. The molecule has 0 unspecified atom stereocenters. The zero-order valence-corrected chi connectivity index (χ0v) is 12.8. The Labute approximate surface area is 134 Å². The number of amides is 1. The van der Waals surface area contributed by atoms with Crippen molar-refractivity contribution < 1.29 is 14.3 Å². The minimum atomic E-state index is -0.452. The molecule has 2 aromatic rings. The van der Waals surface area contributed by atoms with Gasteiger partial charge in [-0.15, -0.1) is 0 Å². The molecular formula is C19H17NO3. The van der Waals surface area contributed by atoms with E-state index in [1.165, 1.54) is 12.7 Å². The summed E-state index contributed by atoms with van der Waals surface area (Å²) in [5, 5.41) is 0. The van der Waals surface area contributed by atoms with Gasteiger partial charge in [0, 0.05) is 5.56 Å². The first kappa shape index (κ1) is 15.0. The molecule has 0 spiro atoms. The zero-order valence-electron chi connectivity index (χ0n) is 12.8. The number of hydrogen-bond acceptors (Lipinski definition) is 3. The lowest BCUT2D eigenvalue weighted by Gasteiger charge is -2.19. The molecule has 23 heavy (non-hydrogen) atoms. The second kappa shape index (κ2) is 6.08. The van der Waals surface area contributed by atoms with E-state index in [-0.39, 0.29) is 5.97 Å². The van der Waals surface area contributed by atoms with Crippen LogP contribution in [0.15, 0.2) is 48.5 Å². The summed E-state index contributed by atoms with van der Waals surface area (Å²) in [4.78, 5) is 23.2. The third kappa shape index (κ3) is 2.88. The topological polar surface area (TPSA) is 69.4 Å². The summed E-state index contributed by atoms with van der Waals surface area (Å²) < 4.78 is 4.80. The molecule has 1 amide bonds. The van der Waals surface area contributed by atoms with Gasteiger partial charge < -0.3 is 10.5 Å². The van der Waals surface area contributed by atoms with Crippen LogP contribution in [-0.4, -0.2) is 19.0 Å². The number of carbonyl (C=O) groups is 2. The first-order valence-electron chi connectivity index (χ1n) is 7.42. The van der Waals surface area contributed by atoms with Crippen molar-refractivity contribution >= 4 is 17.4 Å². The zero-order chi connectivity index (χ0) is 16.4. The minimum absolute atomic E-state index is 0.358. The van der Waals surface area contributed by atoms with Gasteiger partial charge in [0.25, 0.3) is 0 Å². The van der Waals surface area contributed by atoms with Crippen molar-refractivity contribution in [2.75, 3.05) is 7.11 Å². The molecule has 3 rings (SSSR count). The van der Waals surface area contributed by atoms with Crippen molar-refractivity contribution in [2.45, 2.75) is 12.8 Å². The summed E-state index contributed by atoms with van der Waals surface area (Å²) in [5.41, 5.74) is 10.5. The van der Waals surface area contributed by atoms with Gasteiger partial charge in [-0.2, -0.15) is 0 Å². The maximum Gasteiger partial charge on any atom is 0.337 e. The Hall–Kier alpha value is -2.88. The average Bonchev–Trinajstić information content (AvgIpc) is 2.60. The van der Waals surface area contributed by atoms with Crippen molar-refractivity contribution in [3.63, 3.8) is 0 Å². The lowest BCUT2D eigenvalue weighted by atomic mass is 9.85. The van der Waals surface area contributed by atoms with Gasteiger partial charge >= 0.3 is 5.97 Å². The summed E-state index contributed by atoms with van der Waals surface area (Å²) in [6, 6.07) is 12.8. The van der Waals surface area contributed by atoms with E-state index in [1.54, 1.807) is 18.2 Å². The Balaban J connectivity index is 2.09. The number of esters is 1. The third-order valence-corrected chi connectivity index (χ3v) is 4.04. The standard InChI is InChI=1S/C19H17NO3/c1-23-19(22)15-9-8-12-4-3-7-16(17(12)11-15)13-5-2-6-14(10-13)18(20)21/h2,5-11H,3-4H2,1H3,(H2,20,21). The number of methoxy groups -OCH3 is 1. The van der Waals surface area contributed by atoms with Crippen LogP contribution in [0.4, 0.5) is 0 Å². The maximum absolute atomic E-state index is 11.8. The number of fused-ring (bicyclic) bond motifs is 1. The van der Waals surface area contributed by atoms with Crippen molar-refractivity contribution in [3.8, 4) is 0 Å². The Morgan fingerprint density at radius 3 is 2.65 bits per heavy atom. The summed E-state index contributed by atoms with van der Waals surface area (Å²) in [7, 11) is 1.37. The molecule has 0 aliphatic heterocycles. The first-order chi connectivity index (χ1) is 11.1. The molecule has 0 heterocycles. The highest BCUT2D eigenvalue weighted by atomic mass is 16.5. The number of primary amides is 1. The molecule has 1 aliphatic carbocycles. The fourth-order valence-electron chi connectivity index (χ4n) is 2.89. The van der Waals surface area contributed by atoms with Crippen LogP contribution < -0.4 is 5.73 Å². The van der Waals surface area contributed by atoms with Crippen LogP contribution in [-0.2, 0) is 11.2 Å². The molecule has 0 radical (unpaired) electrons. The van der Waals surface area contributed by atoms with E-state index < -0.39 is 5.91 Å². The molecule has 0 saturated heterocycles. The number of benzene rings is 2. The van der Waals surface area contributed by atoms with Crippen molar-refractivity contribution in [3.05, 3.63) is 76.4 Å². The van der Waals surface area contributed by atoms with Crippen LogP contribution >= 0.6 is 0 Å². The molecule has 0 aromatic heterocycles. The number of carbonyl (C=O) groups excluding carboxylic acids is 2. The Kier molecular flexibility index (Phi) is 3.98. The number of ether oxygens (including phenoxy) is 1. The molecule has 2 N–H and O–H groups in total. The van der Waals surface area contributed by atoms with E-state index in [0.717, 1.165) is 29.5 Å². The van der Waals surface area contributed by atoms with Crippen LogP contribution in [0.1, 0.15) is 43.8 Å². The van der Waals surface area contributed by atoms with Gasteiger partial charge in [-0.05, 0) is 59.4 Å². The molecule has 0 fully saturated rings. The SMILES string of the molecule is COC(=O)c1ccc2c(c1)C(c1cccc(C(N)=O)c1)=CCC2. The quantitative estimate of drug-likeness (QED) is 0.886. The van der Waals surface area contributed by atoms with Crippen molar-refractivity contribution in [1.29, 1.82) is 0 Å². The fourth-order valence-corrected chi connectivity index (χ4v) is 2.89. The Morgan fingerprint density at radius 1 is 1.09 bits per heavy atom. The smallest absolute Gasteiger partial charge is 0.337 e.